The van der Waals surface area contributed by atoms with Gasteiger partial charge in [0.1, 0.15) is 11.4 Å². The second-order valence-electron chi connectivity index (χ2n) is 6.89. The molecule has 1 aliphatic heterocycles. The van der Waals surface area contributed by atoms with Crippen LogP contribution in [0.4, 0.5) is 4.79 Å². The third kappa shape index (κ3) is 5.53. The van der Waals surface area contributed by atoms with E-state index in [9.17, 15) is 9.59 Å². The molecule has 0 unspecified atom stereocenters. The van der Waals surface area contributed by atoms with E-state index in [1.807, 2.05) is 26.8 Å². The van der Waals surface area contributed by atoms with Crippen LogP contribution < -0.4 is 4.74 Å². The van der Waals surface area contributed by atoms with Gasteiger partial charge >= 0.3 is 6.09 Å². The molecule has 0 saturated carbocycles. The van der Waals surface area contributed by atoms with Crippen LogP contribution in [0, 0.1) is 11.3 Å². The van der Waals surface area contributed by atoms with E-state index in [4.69, 9.17) is 26.3 Å². The minimum absolute atomic E-state index is 0.155. The molecule has 0 atom stereocenters. The Morgan fingerprint density at radius 2 is 1.81 bits per heavy atom. The molecule has 1 heterocycles. The zero-order valence-corrected chi connectivity index (χ0v) is 15.9. The highest BCUT2D eigenvalue weighted by Gasteiger charge is 2.27. The molecule has 0 aromatic heterocycles. The van der Waals surface area contributed by atoms with Crippen molar-refractivity contribution in [1.29, 1.82) is 5.26 Å². The lowest BCUT2D eigenvalue weighted by molar-refractivity contribution is -0.135. The summed E-state index contributed by atoms with van der Waals surface area (Å²) in [6.45, 7) is 6.96. The molecule has 0 bridgehead atoms. The summed E-state index contributed by atoms with van der Waals surface area (Å²) in [4.78, 5) is 27.5. The van der Waals surface area contributed by atoms with Gasteiger partial charge in [0.2, 0.25) is 0 Å². The molecule has 7 nitrogen and oxygen atoms in total. The number of carbonyl (C=O) groups excluding carboxylic acids is 2. The van der Waals surface area contributed by atoms with E-state index in [1.165, 1.54) is 6.07 Å². The van der Waals surface area contributed by atoms with E-state index in [1.54, 1.807) is 21.9 Å². The first-order chi connectivity index (χ1) is 12.2. The Morgan fingerprint density at radius 3 is 2.35 bits per heavy atom. The predicted octanol–water partition coefficient (Wildman–Crippen LogP) is 2.67. The fourth-order valence-electron chi connectivity index (χ4n) is 2.38. The Kier molecular flexibility index (Phi) is 6.32. The SMILES string of the molecule is CC(C)(C)OC(=O)N1CCN(C(=O)COc2ccc(C#N)cc2Cl)CC1. The number of hydrogen-bond acceptors (Lipinski definition) is 5. The first kappa shape index (κ1) is 19.9. The minimum Gasteiger partial charge on any atom is -0.482 e. The van der Waals surface area contributed by atoms with Gasteiger partial charge in [-0.3, -0.25) is 4.79 Å². The molecule has 8 heteroatoms. The van der Waals surface area contributed by atoms with Crippen molar-refractivity contribution in [3.63, 3.8) is 0 Å². The average Bonchev–Trinajstić information content (AvgIpc) is 2.59. The van der Waals surface area contributed by atoms with Gasteiger partial charge in [0, 0.05) is 26.2 Å². The molecular weight excluding hydrogens is 358 g/mol. The number of nitrogens with zero attached hydrogens (tertiary/aromatic N) is 3. The third-order valence-corrected chi connectivity index (χ3v) is 3.99. The number of nitriles is 1. The highest BCUT2D eigenvalue weighted by Crippen LogP contribution is 2.25. The van der Waals surface area contributed by atoms with Crippen LogP contribution in [0.1, 0.15) is 26.3 Å². The highest BCUT2D eigenvalue weighted by atomic mass is 35.5. The number of carbonyl (C=O) groups is 2. The van der Waals surface area contributed by atoms with Crippen molar-refractivity contribution >= 4 is 23.6 Å². The van der Waals surface area contributed by atoms with E-state index < -0.39 is 5.60 Å². The number of hydrogen-bond donors (Lipinski definition) is 0. The van der Waals surface area contributed by atoms with Crippen molar-refractivity contribution in [3.8, 4) is 11.8 Å². The molecule has 1 saturated heterocycles. The summed E-state index contributed by atoms with van der Waals surface area (Å²) < 4.78 is 10.8. The van der Waals surface area contributed by atoms with Crippen LogP contribution in [0.5, 0.6) is 5.75 Å². The summed E-state index contributed by atoms with van der Waals surface area (Å²) in [5.74, 6) is 0.167. The molecule has 0 aliphatic carbocycles. The first-order valence-electron chi connectivity index (χ1n) is 8.28. The number of rotatable bonds is 3. The summed E-state index contributed by atoms with van der Waals surface area (Å²) in [5.41, 5.74) is -0.120. The Morgan fingerprint density at radius 1 is 1.19 bits per heavy atom. The van der Waals surface area contributed by atoms with E-state index in [0.29, 0.717) is 37.5 Å². The van der Waals surface area contributed by atoms with Gasteiger partial charge in [0.05, 0.1) is 16.7 Å². The molecule has 0 radical (unpaired) electrons. The van der Waals surface area contributed by atoms with E-state index in [-0.39, 0.29) is 23.6 Å². The van der Waals surface area contributed by atoms with Crippen molar-refractivity contribution in [2.75, 3.05) is 32.8 Å². The molecule has 2 rings (SSSR count). The number of halogens is 1. The third-order valence-electron chi connectivity index (χ3n) is 3.70. The maximum Gasteiger partial charge on any atom is 0.410 e. The minimum atomic E-state index is -0.543. The second-order valence-corrected chi connectivity index (χ2v) is 7.30. The van der Waals surface area contributed by atoms with E-state index >= 15 is 0 Å². The maximum absolute atomic E-state index is 12.3. The second kappa shape index (κ2) is 8.28. The molecular formula is C18H22ClN3O4. The molecule has 1 aromatic rings. The Hall–Kier alpha value is -2.46. The zero-order chi connectivity index (χ0) is 19.3. The van der Waals surface area contributed by atoms with Crippen LogP contribution >= 0.6 is 11.6 Å². The van der Waals surface area contributed by atoms with E-state index in [0.717, 1.165) is 0 Å². The van der Waals surface area contributed by atoms with Crippen molar-refractivity contribution < 1.29 is 19.1 Å². The van der Waals surface area contributed by atoms with Crippen molar-refractivity contribution in [3.05, 3.63) is 28.8 Å². The molecule has 1 fully saturated rings. The predicted molar refractivity (Wildman–Crippen MR) is 96.0 cm³/mol. The van der Waals surface area contributed by atoms with Gasteiger partial charge in [0.15, 0.2) is 6.61 Å². The number of piperazine rings is 1. The van der Waals surface area contributed by atoms with Gasteiger partial charge in [-0.15, -0.1) is 0 Å². The standard InChI is InChI=1S/C18H22ClN3O4/c1-18(2,3)26-17(24)22-8-6-21(7-9-22)16(23)12-25-15-5-4-13(11-20)10-14(15)19/h4-5,10H,6-9,12H2,1-3H3. The first-order valence-corrected chi connectivity index (χ1v) is 8.65. The van der Waals surface area contributed by atoms with Crippen LogP contribution in [0.3, 0.4) is 0 Å². The van der Waals surface area contributed by atoms with Gasteiger partial charge in [-0.2, -0.15) is 5.26 Å². The van der Waals surface area contributed by atoms with Crippen molar-refractivity contribution in [1.82, 2.24) is 9.80 Å². The summed E-state index contributed by atoms with van der Waals surface area (Å²) in [5, 5.41) is 9.10. The molecule has 1 aliphatic rings. The monoisotopic (exact) mass is 379 g/mol. The smallest absolute Gasteiger partial charge is 0.410 e. The Labute approximate surface area is 158 Å². The van der Waals surface area contributed by atoms with Gasteiger partial charge < -0.3 is 19.3 Å². The summed E-state index contributed by atoms with van der Waals surface area (Å²) >= 11 is 6.03. The fraction of sp³-hybridized carbons (Fsp3) is 0.500. The molecule has 0 spiro atoms. The van der Waals surface area contributed by atoms with Crippen LogP contribution in [-0.4, -0.2) is 60.2 Å². The van der Waals surface area contributed by atoms with Gasteiger partial charge in [-0.05, 0) is 39.0 Å². The lowest BCUT2D eigenvalue weighted by Crippen LogP contribution is -2.52. The maximum atomic E-state index is 12.3. The average molecular weight is 380 g/mol. The molecule has 26 heavy (non-hydrogen) atoms. The van der Waals surface area contributed by atoms with Crippen LogP contribution in [0.25, 0.3) is 0 Å². The van der Waals surface area contributed by atoms with Crippen LogP contribution in [0.2, 0.25) is 5.02 Å². The summed E-state index contributed by atoms with van der Waals surface area (Å²) in [7, 11) is 0. The van der Waals surface area contributed by atoms with Crippen LogP contribution in [0.15, 0.2) is 18.2 Å². The normalized spacial score (nSPS) is 14.6. The van der Waals surface area contributed by atoms with Gasteiger partial charge in [-0.1, -0.05) is 11.6 Å². The van der Waals surface area contributed by atoms with Gasteiger partial charge in [0.25, 0.3) is 5.91 Å². The van der Waals surface area contributed by atoms with Crippen LogP contribution in [-0.2, 0) is 9.53 Å². The summed E-state index contributed by atoms with van der Waals surface area (Å²) in [6.07, 6.45) is -0.370. The summed E-state index contributed by atoms with van der Waals surface area (Å²) in [6, 6.07) is 6.61. The largest absolute Gasteiger partial charge is 0.482 e. The molecule has 140 valence electrons. The number of ether oxygens (including phenoxy) is 2. The lowest BCUT2D eigenvalue weighted by Gasteiger charge is -2.35. The number of amides is 2. The molecule has 2 amide bonds. The van der Waals surface area contributed by atoms with Crippen molar-refractivity contribution in [2.24, 2.45) is 0 Å². The fourth-order valence-corrected chi connectivity index (χ4v) is 2.62. The Bertz CT molecular complexity index is 716. The molecule has 1 aromatic carbocycles. The van der Waals surface area contributed by atoms with E-state index in [2.05, 4.69) is 0 Å². The molecule has 0 N–H and O–H groups in total. The zero-order valence-electron chi connectivity index (χ0n) is 15.1. The quantitative estimate of drug-likeness (QED) is 0.806. The van der Waals surface area contributed by atoms with Crippen molar-refractivity contribution in [2.45, 2.75) is 26.4 Å². The topological polar surface area (TPSA) is 82.9 Å². The van der Waals surface area contributed by atoms with Gasteiger partial charge in [-0.25, -0.2) is 4.79 Å². The highest BCUT2D eigenvalue weighted by molar-refractivity contribution is 6.32. The number of benzene rings is 1. The Balaban J connectivity index is 1.82. The lowest BCUT2D eigenvalue weighted by atomic mass is 10.2.